The first-order valence-electron chi connectivity index (χ1n) is 21.7. The van der Waals surface area contributed by atoms with Crippen molar-refractivity contribution in [2.75, 3.05) is 13.1 Å². The number of hydrogen-bond acceptors (Lipinski definition) is 8. The van der Waals surface area contributed by atoms with Crippen molar-refractivity contribution in [3.8, 4) is 11.1 Å². The first-order valence-corrected chi connectivity index (χ1v) is 21.7. The van der Waals surface area contributed by atoms with E-state index in [4.69, 9.17) is 0 Å². The number of amides is 6. The van der Waals surface area contributed by atoms with Gasteiger partial charge in [-0.1, -0.05) is 133 Å². The lowest BCUT2D eigenvalue weighted by Gasteiger charge is -2.27. The van der Waals surface area contributed by atoms with Crippen LogP contribution in [0.5, 0.6) is 0 Å². The lowest BCUT2D eigenvalue weighted by Crippen LogP contribution is -2.60. The van der Waals surface area contributed by atoms with E-state index in [1.165, 1.54) is 0 Å². The second-order valence-electron chi connectivity index (χ2n) is 15.9. The van der Waals surface area contributed by atoms with Crippen molar-refractivity contribution in [2.45, 2.75) is 69.6 Å². The molecule has 16 nitrogen and oxygen atoms in total. The van der Waals surface area contributed by atoms with Crippen LogP contribution in [0.1, 0.15) is 51.9 Å². The highest BCUT2D eigenvalue weighted by atomic mass is 16.4. The fourth-order valence-electron chi connectivity index (χ4n) is 6.99. The van der Waals surface area contributed by atoms with Crippen LogP contribution in [-0.4, -0.2) is 94.9 Å². The third-order valence-corrected chi connectivity index (χ3v) is 10.7. The molecule has 0 spiro atoms. The predicted octanol–water partition coefficient (Wildman–Crippen LogP) is 3.51. The highest BCUT2D eigenvalue weighted by molar-refractivity contribution is 5.97. The summed E-state index contributed by atoms with van der Waals surface area (Å²) in [5, 5.41) is 34.1. The Morgan fingerprint density at radius 2 is 0.955 bits per heavy atom. The van der Waals surface area contributed by atoms with Crippen LogP contribution in [0, 0.1) is 6.92 Å². The van der Waals surface area contributed by atoms with Crippen molar-refractivity contribution in [3.05, 3.63) is 167 Å². The molecule has 0 radical (unpaired) electrons. The fourth-order valence-corrected chi connectivity index (χ4v) is 6.99. The van der Waals surface area contributed by atoms with E-state index in [1.54, 1.807) is 66.7 Å². The molecular weight excluding hydrogens is 857 g/mol. The van der Waals surface area contributed by atoms with Gasteiger partial charge in [0, 0.05) is 31.4 Å². The molecule has 67 heavy (non-hydrogen) atoms. The van der Waals surface area contributed by atoms with Gasteiger partial charge in [-0.3, -0.25) is 38.4 Å². The molecule has 0 aliphatic heterocycles. The zero-order chi connectivity index (χ0) is 48.1. The van der Waals surface area contributed by atoms with Gasteiger partial charge in [-0.05, 0) is 59.7 Å². The number of carbonyl (C=O) groups is 8. The van der Waals surface area contributed by atoms with E-state index >= 15 is 0 Å². The largest absolute Gasteiger partial charge is 0.481 e. The Morgan fingerprint density at radius 1 is 0.463 bits per heavy atom. The number of nitrogens with one attached hydrogen (secondary N) is 6. The molecule has 0 unspecified atom stereocenters. The van der Waals surface area contributed by atoms with Crippen molar-refractivity contribution in [2.24, 2.45) is 0 Å². The molecule has 0 aliphatic carbocycles. The van der Waals surface area contributed by atoms with Crippen molar-refractivity contribution in [3.63, 3.8) is 0 Å². The van der Waals surface area contributed by atoms with Crippen LogP contribution in [0.25, 0.3) is 11.1 Å². The summed E-state index contributed by atoms with van der Waals surface area (Å²) in [6.07, 6.45) is -0.797. The topological polar surface area (TPSA) is 249 Å². The molecule has 0 bridgehead atoms. The minimum atomic E-state index is -1.46. The van der Waals surface area contributed by atoms with Gasteiger partial charge < -0.3 is 42.1 Å². The maximum atomic E-state index is 14.6. The number of rotatable bonds is 24. The van der Waals surface area contributed by atoms with Gasteiger partial charge >= 0.3 is 11.9 Å². The van der Waals surface area contributed by atoms with Gasteiger partial charge in [0.1, 0.15) is 30.7 Å². The van der Waals surface area contributed by atoms with Gasteiger partial charge in [0.2, 0.25) is 29.5 Å². The first kappa shape index (κ1) is 49.9. The normalized spacial score (nSPS) is 12.5. The van der Waals surface area contributed by atoms with Crippen LogP contribution in [0.4, 0.5) is 0 Å². The standard InChI is InChI=1S/C51H54N6O10/c1-33-17-22-39(23-18-33)47(63)52-31-43(54-44(58)27-28-45(59)60)51(67)55-40(26-21-34-11-5-2-6-12-34)49(65)57-42(30-36-19-24-38(25-20-36)37-15-9-4-10-16-37)50(66)56-41(48(64)53-32-46(61)62)29-35-13-7-3-8-14-35/h2-20,22-25,40-43H,21,26-32H2,1H3,(H,52,63)(H,53,64)(H,54,58)(H,55,67)(H,56,66)(H,57,65)(H,59,60)(H,61,62)/t40-,41-,42+,43+/m1/s1. The molecule has 0 heterocycles. The summed E-state index contributed by atoms with van der Waals surface area (Å²) >= 11 is 0. The molecule has 5 aromatic rings. The zero-order valence-corrected chi connectivity index (χ0v) is 36.9. The Labute approximate surface area is 388 Å². The van der Waals surface area contributed by atoms with E-state index in [0.717, 1.165) is 22.3 Å². The Kier molecular flexibility index (Phi) is 18.9. The number of benzene rings is 5. The second-order valence-corrected chi connectivity index (χ2v) is 15.9. The summed E-state index contributed by atoms with van der Waals surface area (Å²) in [5.41, 5.74) is 5.17. The summed E-state index contributed by atoms with van der Waals surface area (Å²) in [7, 11) is 0. The van der Waals surface area contributed by atoms with Crippen molar-refractivity contribution in [1.82, 2.24) is 31.9 Å². The minimum Gasteiger partial charge on any atom is -0.481 e. The molecule has 0 saturated heterocycles. The van der Waals surface area contributed by atoms with Gasteiger partial charge in [-0.25, -0.2) is 0 Å². The summed E-state index contributed by atoms with van der Waals surface area (Å²) in [6, 6.07) is 36.0. The molecule has 6 amide bonds. The molecule has 0 aliphatic rings. The average Bonchev–Trinajstić information content (AvgIpc) is 3.33. The lowest BCUT2D eigenvalue weighted by molar-refractivity contribution is -0.139. The Bertz CT molecular complexity index is 2470. The van der Waals surface area contributed by atoms with E-state index in [0.29, 0.717) is 11.1 Å². The molecular formula is C51H54N6O10. The van der Waals surface area contributed by atoms with Gasteiger partial charge in [-0.15, -0.1) is 0 Å². The second kappa shape index (κ2) is 25.4. The highest BCUT2D eigenvalue weighted by Crippen LogP contribution is 2.20. The summed E-state index contributed by atoms with van der Waals surface area (Å²) in [5.74, 6) is -7.08. The number of carboxylic acids is 2. The van der Waals surface area contributed by atoms with E-state index in [9.17, 15) is 48.6 Å². The third kappa shape index (κ3) is 16.7. The van der Waals surface area contributed by atoms with Gasteiger partial charge in [0.05, 0.1) is 6.42 Å². The van der Waals surface area contributed by atoms with Crippen LogP contribution in [0.15, 0.2) is 140 Å². The zero-order valence-electron chi connectivity index (χ0n) is 36.9. The molecule has 0 fully saturated rings. The smallest absolute Gasteiger partial charge is 0.322 e. The van der Waals surface area contributed by atoms with Crippen LogP contribution in [-0.2, 0) is 52.8 Å². The van der Waals surface area contributed by atoms with Crippen LogP contribution in [0.2, 0.25) is 0 Å². The molecule has 0 saturated carbocycles. The molecule has 0 aromatic heterocycles. The van der Waals surface area contributed by atoms with Gasteiger partial charge in [-0.2, -0.15) is 0 Å². The van der Waals surface area contributed by atoms with E-state index < -0.39 is 97.5 Å². The predicted molar refractivity (Wildman–Crippen MR) is 249 cm³/mol. The summed E-state index contributed by atoms with van der Waals surface area (Å²) in [6.45, 7) is 0.720. The van der Waals surface area contributed by atoms with Crippen molar-refractivity contribution < 1.29 is 48.6 Å². The van der Waals surface area contributed by atoms with Crippen LogP contribution in [0.3, 0.4) is 0 Å². The Hall–Kier alpha value is -8.14. The van der Waals surface area contributed by atoms with Crippen molar-refractivity contribution >= 4 is 47.4 Å². The van der Waals surface area contributed by atoms with E-state index in [1.807, 2.05) is 79.7 Å². The average molecular weight is 911 g/mol. The summed E-state index contributed by atoms with van der Waals surface area (Å²) in [4.78, 5) is 105. The molecule has 4 atom stereocenters. The number of hydrogen-bond donors (Lipinski definition) is 8. The maximum absolute atomic E-state index is 14.6. The van der Waals surface area contributed by atoms with Crippen LogP contribution >= 0.6 is 0 Å². The number of aliphatic carboxylic acids is 2. The van der Waals surface area contributed by atoms with E-state index in [-0.39, 0.29) is 31.2 Å². The van der Waals surface area contributed by atoms with E-state index in [2.05, 4.69) is 31.9 Å². The number of aryl methyl sites for hydroxylation is 2. The number of carbonyl (C=O) groups excluding carboxylic acids is 6. The molecule has 348 valence electrons. The van der Waals surface area contributed by atoms with Gasteiger partial charge in [0.25, 0.3) is 5.91 Å². The quantitative estimate of drug-likeness (QED) is 0.0448. The van der Waals surface area contributed by atoms with Crippen LogP contribution < -0.4 is 31.9 Å². The highest BCUT2D eigenvalue weighted by Gasteiger charge is 2.32. The number of carboxylic acid groups (broad SMARTS) is 2. The molecule has 5 rings (SSSR count). The lowest BCUT2D eigenvalue weighted by atomic mass is 9.98. The molecule has 8 N–H and O–H groups in total. The Morgan fingerprint density at radius 3 is 1.54 bits per heavy atom. The molecule has 16 heteroatoms. The third-order valence-electron chi connectivity index (χ3n) is 10.7. The monoisotopic (exact) mass is 910 g/mol. The van der Waals surface area contributed by atoms with Crippen molar-refractivity contribution in [1.29, 1.82) is 0 Å². The first-order chi connectivity index (χ1) is 32.2. The summed E-state index contributed by atoms with van der Waals surface area (Å²) < 4.78 is 0. The maximum Gasteiger partial charge on any atom is 0.322 e. The minimum absolute atomic E-state index is 0.00529. The fraction of sp³-hybridized carbons (Fsp3) is 0.255. The Balaban J connectivity index is 1.44. The SMILES string of the molecule is Cc1ccc(C(=O)NC[C@H](NC(=O)CCC(=O)O)C(=O)N[C@H](CCc2ccccc2)C(=O)N[C@@H](Cc2ccc(-c3ccccc3)cc2)C(=O)N[C@H](Cc2ccccc2)C(=O)NCC(=O)O)cc1. The van der Waals surface area contributed by atoms with Gasteiger partial charge in [0.15, 0.2) is 0 Å². The molecule has 5 aromatic carbocycles.